The number of sulfone groups is 1. The molecule has 0 radical (unpaired) electrons. The highest BCUT2D eigenvalue weighted by Gasteiger charge is 2.36. The largest absolute Gasteiger partial charge is 0.334 e. The van der Waals surface area contributed by atoms with Gasteiger partial charge in [-0.1, -0.05) is 19.1 Å². The average Bonchev–Trinajstić information content (AvgIpc) is 2.97. The van der Waals surface area contributed by atoms with Crippen molar-refractivity contribution in [2.24, 2.45) is 0 Å². The minimum absolute atomic E-state index is 0.00600. The Balaban J connectivity index is 1.89. The monoisotopic (exact) mass is 377 g/mol. The van der Waals surface area contributed by atoms with Crippen molar-refractivity contribution in [3.63, 3.8) is 0 Å². The lowest BCUT2D eigenvalue weighted by Gasteiger charge is -2.33. The summed E-state index contributed by atoms with van der Waals surface area (Å²) in [5, 5.41) is 0.460. The van der Waals surface area contributed by atoms with Crippen LogP contribution in [-0.2, 0) is 21.2 Å². The molecule has 1 fully saturated rings. The number of para-hydroxylation sites is 1. The third kappa shape index (κ3) is 3.65. The Labute approximate surface area is 152 Å². The van der Waals surface area contributed by atoms with Gasteiger partial charge >= 0.3 is 0 Å². The van der Waals surface area contributed by atoms with Crippen LogP contribution >= 0.6 is 0 Å². The van der Waals surface area contributed by atoms with E-state index in [0.29, 0.717) is 23.7 Å². The second-order valence-corrected chi connectivity index (χ2v) is 9.04. The lowest BCUT2D eigenvalue weighted by molar-refractivity contribution is -0.136. The molecule has 8 heteroatoms. The van der Waals surface area contributed by atoms with Gasteiger partial charge in [0, 0.05) is 12.1 Å². The number of amides is 1. The molecule has 1 amide bonds. The molecule has 0 N–H and O–H groups in total. The molecule has 0 saturated carbocycles. The highest BCUT2D eigenvalue weighted by Crippen LogP contribution is 2.21. The van der Waals surface area contributed by atoms with E-state index in [-0.39, 0.29) is 41.6 Å². The lowest BCUT2D eigenvalue weighted by atomic mass is 10.1. The molecule has 1 aromatic carbocycles. The van der Waals surface area contributed by atoms with Crippen molar-refractivity contribution in [1.29, 1.82) is 0 Å². The smallest absolute Gasteiger partial charge is 0.261 e. The van der Waals surface area contributed by atoms with Crippen molar-refractivity contribution in [1.82, 2.24) is 14.5 Å². The van der Waals surface area contributed by atoms with E-state index in [0.717, 1.165) is 0 Å². The van der Waals surface area contributed by atoms with E-state index in [4.69, 9.17) is 0 Å². The zero-order valence-corrected chi connectivity index (χ0v) is 15.8. The van der Waals surface area contributed by atoms with Gasteiger partial charge in [-0.25, -0.2) is 13.4 Å². The van der Waals surface area contributed by atoms with Crippen LogP contribution in [0.1, 0.15) is 26.7 Å². The molecule has 3 rings (SSSR count). The number of carbonyl (C=O) groups is 1. The molecule has 1 aliphatic rings. The molecule has 2 heterocycles. The number of rotatable bonds is 5. The van der Waals surface area contributed by atoms with Crippen LogP contribution in [0, 0.1) is 0 Å². The van der Waals surface area contributed by atoms with E-state index in [1.54, 1.807) is 29.2 Å². The lowest BCUT2D eigenvalue weighted by Crippen LogP contribution is -2.48. The van der Waals surface area contributed by atoms with Gasteiger partial charge in [0.2, 0.25) is 5.91 Å². The fourth-order valence-electron chi connectivity index (χ4n) is 3.45. The number of carbonyl (C=O) groups excluding carboxylic acids is 1. The van der Waals surface area contributed by atoms with Crippen LogP contribution in [0.5, 0.6) is 0 Å². The number of aromatic nitrogens is 2. The summed E-state index contributed by atoms with van der Waals surface area (Å²) in [5.74, 6) is -0.149. The van der Waals surface area contributed by atoms with E-state index in [9.17, 15) is 18.0 Å². The molecular weight excluding hydrogens is 354 g/mol. The summed E-state index contributed by atoms with van der Waals surface area (Å²) < 4.78 is 25.0. The summed E-state index contributed by atoms with van der Waals surface area (Å²) in [6, 6.07) is 6.57. The minimum Gasteiger partial charge on any atom is -0.334 e. The molecule has 2 aromatic rings. The van der Waals surface area contributed by atoms with Crippen LogP contribution in [0.2, 0.25) is 0 Å². The molecule has 1 saturated heterocycles. The van der Waals surface area contributed by atoms with Gasteiger partial charge in [-0.3, -0.25) is 14.2 Å². The van der Waals surface area contributed by atoms with E-state index >= 15 is 0 Å². The van der Waals surface area contributed by atoms with Crippen LogP contribution in [0.25, 0.3) is 10.9 Å². The predicted octanol–water partition coefficient (Wildman–Crippen LogP) is 1.21. The fraction of sp³-hybridized carbons (Fsp3) is 0.500. The van der Waals surface area contributed by atoms with Crippen LogP contribution in [0.15, 0.2) is 35.4 Å². The normalized spacial score (nSPS) is 20.2. The first-order chi connectivity index (χ1) is 12.3. The molecule has 7 nitrogen and oxygen atoms in total. The van der Waals surface area contributed by atoms with Crippen molar-refractivity contribution < 1.29 is 13.2 Å². The summed E-state index contributed by atoms with van der Waals surface area (Å²) in [6.45, 7) is 3.72. The first-order valence-electron chi connectivity index (χ1n) is 8.78. The Morgan fingerprint density at radius 3 is 2.77 bits per heavy atom. The topological polar surface area (TPSA) is 89.3 Å². The highest BCUT2D eigenvalue weighted by atomic mass is 32.2. The zero-order valence-electron chi connectivity index (χ0n) is 15.0. The van der Waals surface area contributed by atoms with Crippen LogP contribution in [0.3, 0.4) is 0 Å². The molecule has 1 aliphatic heterocycles. The molecule has 0 unspecified atom stereocenters. The minimum atomic E-state index is -3.10. The van der Waals surface area contributed by atoms with Gasteiger partial charge < -0.3 is 4.90 Å². The van der Waals surface area contributed by atoms with Crippen molar-refractivity contribution in [3.8, 4) is 0 Å². The second kappa shape index (κ2) is 7.19. The first kappa shape index (κ1) is 18.6. The third-order valence-corrected chi connectivity index (χ3v) is 6.74. The fourth-order valence-corrected chi connectivity index (χ4v) is 5.16. The maximum atomic E-state index is 12.9. The van der Waals surface area contributed by atoms with Gasteiger partial charge in [0.25, 0.3) is 5.56 Å². The number of nitrogens with zero attached hydrogens (tertiary/aromatic N) is 3. The van der Waals surface area contributed by atoms with Gasteiger partial charge in [-0.15, -0.1) is 0 Å². The maximum Gasteiger partial charge on any atom is 0.261 e. The Bertz CT molecular complexity index is 983. The van der Waals surface area contributed by atoms with E-state index in [2.05, 4.69) is 4.98 Å². The Kier molecular flexibility index (Phi) is 5.13. The maximum absolute atomic E-state index is 12.9. The molecular formula is C18H23N3O4S. The number of hydrogen-bond acceptors (Lipinski definition) is 5. The Morgan fingerprint density at radius 1 is 1.38 bits per heavy atom. The Hall–Kier alpha value is -2.22. The van der Waals surface area contributed by atoms with Gasteiger partial charge in [0.05, 0.1) is 28.7 Å². The van der Waals surface area contributed by atoms with Gasteiger partial charge in [-0.05, 0) is 31.9 Å². The van der Waals surface area contributed by atoms with E-state index in [1.807, 2.05) is 13.8 Å². The summed E-state index contributed by atoms with van der Waals surface area (Å²) >= 11 is 0. The van der Waals surface area contributed by atoms with Crippen molar-refractivity contribution in [2.45, 2.75) is 45.3 Å². The van der Waals surface area contributed by atoms with Crippen molar-refractivity contribution in [2.75, 3.05) is 11.5 Å². The summed E-state index contributed by atoms with van der Waals surface area (Å²) in [7, 11) is -3.10. The zero-order chi connectivity index (χ0) is 18.9. The van der Waals surface area contributed by atoms with Gasteiger partial charge in [0.1, 0.15) is 6.54 Å². The van der Waals surface area contributed by atoms with Crippen LogP contribution in [0.4, 0.5) is 0 Å². The average molecular weight is 377 g/mol. The number of benzene rings is 1. The second-order valence-electron chi connectivity index (χ2n) is 6.81. The Morgan fingerprint density at radius 2 is 2.12 bits per heavy atom. The molecule has 140 valence electrons. The summed E-state index contributed by atoms with van der Waals surface area (Å²) in [4.78, 5) is 31.4. The van der Waals surface area contributed by atoms with E-state index in [1.165, 1.54) is 10.9 Å². The highest BCUT2D eigenvalue weighted by molar-refractivity contribution is 7.91. The SMILES string of the molecule is CC[C@@H](C)N(C(=O)Cn1cnc2ccccc2c1=O)[C@H]1CCS(=O)(=O)C1. The molecule has 2 atom stereocenters. The standard InChI is InChI=1S/C18H23N3O4S/c1-3-13(2)21(14-8-9-26(24,25)11-14)17(22)10-20-12-19-16-7-5-4-6-15(16)18(20)23/h4-7,12-14H,3,8-11H2,1-2H3/t13-,14+/m1/s1. The predicted molar refractivity (Wildman–Crippen MR) is 99.7 cm³/mol. The van der Waals surface area contributed by atoms with Crippen molar-refractivity contribution >= 4 is 26.6 Å². The quantitative estimate of drug-likeness (QED) is 0.781. The summed E-state index contributed by atoms with van der Waals surface area (Å²) in [6.07, 6.45) is 2.54. The third-order valence-electron chi connectivity index (χ3n) is 4.99. The van der Waals surface area contributed by atoms with E-state index < -0.39 is 9.84 Å². The number of hydrogen-bond donors (Lipinski definition) is 0. The molecule has 26 heavy (non-hydrogen) atoms. The van der Waals surface area contributed by atoms with Gasteiger partial charge in [0.15, 0.2) is 9.84 Å². The first-order valence-corrected chi connectivity index (χ1v) is 10.6. The number of fused-ring (bicyclic) bond motifs is 1. The van der Waals surface area contributed by atoms with Crippen LogP contribution in [-0.4, -0.2) is 52.4 Å². The van der Waals surface area contributed by atoms with Crippen molar-refractivity contribution in [3.05, 3.63) is 40.9 Å². The molecule has 0 spiro atoms. The molecule has 1 aromatic heterocycles. The molecule has 0 bridgehead atoms. The molecule has 0 aliphatic carbocycles. The van der Waals surface area contributed by atoms with Crippen LogP contribution < -0.4 is 5.56 Å². The summed E-state index contributed by atoms with van der Waals surface area (Å²) in [5.41, 5.74) is 0.314. The van der Waals surface area contributed by atoms with Gasteiger partial charge in [-0.2, -0.15) is 0 Å².